The van der Waals surface area contributed by atoms with Crippen molar-refractivity contribution < 1.29 is 17.9 Å². The van der Waals surface area contributed by atoms with E-state index in [-0.39, 0.29) is 17.4 Å². The molecule has 3 aliphatic rings. The summed E-state index contributed by atoms with van der Waals surface area (Å²) in [5, 5.41) is 3.03. The van der Waals surface area contributed by atoms with Crippen molar-refractivity contribution in [3.8, 4) is 0 Å². The third kappa shape index (κ3) is 3.64. The molecule has 0 aromatic carbocycles. The number of nitrogens with one attached hydrogen (secondary N) is 1. The Kier molecular flexibility index (Phi) is 4.85. The van der Waals surface area contributed by atoms with Crippen LogP contribution in [0.25, 0.3) is 0 Å². The van der Waals surface area contributed by atoms with Gasteiger partial charge in [-0.15, -0.1) is 0 Å². The van der Waals surface area contributed by atoms with Crippen molar-refractivity contribution in [2.75, 3.05) is 52.2 Å². The summed E-state index contributed by atoms with van der Waals surface area (Å²) in [5.41, 5.74) is -0.0559. The Bertz CT molecular complexity index is 539. The summed E-state index contributed by atoms with van der Waals surface area (Å²) in [6.07, 6.45) is 5.14. The number of carbonyl (C=O) groups is 1. The molecule has 3 heterocycles. The maximum absolute atomic E-state index is 12.2. The highest BCUT2D eigenvalue weighted by Crippen LogP contribution is 2.44. The predicted molar refractivity (Wildman–Crippen MR) is 86.6 cm³/mol. The predicted octanol–water partition coefficient (Wildman–Crippen LogP) is 0.480. The van der Waals surface area contributed by atoms with Gasteiger partial charge >= 0.3 is 6.03 Å². The van der Waals surface area contributed by atoms with E-state index in [1.165, 1.54) is 6.26 Å². The van der Waals surface area contributed by atoms with E-state index in [0.717, 1.165) is 38.8 Å². The fourth-order valence-electron chi connectivity index (χ4n) is 4.10. The summed E-state index contributed by atoms with van der Waals surface area (Å²) in [4.78, 5) is 14.1. The highest BCUT2D eigenvalue weighted by Gasteiger charge is 2.49. The normalized spacial score (nSPS) is 28.4. The number of carbonyl (C=O) groups excluding carboxylic acids is 1. The van der Waals surface area contributed by atoms with Gasteiger partial charge < -0.3 is 15.0 Å². The molecule has 1 unspecified atom stereocenters. The number of likely N-dealkylation sites (tertiary alicyclic amines) is 1. The van der Waals surface area contributed by atoms with Gasteiger partial charge in [-0.05, 0) is 37.0 Å². The molecule has 2 amide bonds. The Morgan fingerprint density at radius 2 is 1.91 bits per heavy atom. The molecule has 3 fully saturated rings. The van der Waals surface area contributed by atoms with Crippen molar-refractivity contribution >= 4 is 16.1 Å². The SMILES string of the molecule is CS(=O)(=O)N1CC(CNC(=O)N2CCCC2)C2(CCOCC2)C1. The summed E-state index contributed by atoms with van der Waals surface area (Å²) in [7, 11) is -3.20. The van der Waals surface area contributed by atoms with Gasteiger partial charge in [0.1, 0.15) is 0 Å². The Morgan fingerprint density at radius 3 is 2.52 bits per heavy atom. The largest absolute Gasteiger partial charge is 0.381 e. The van der Waals surface area contributed by atoms with Crippen LogP contribution in [0, 0.1) is 11.3 Å². The lowest BCUT2D eigenvalue weighted by Crippen LogP contribution is -2.45. The zero-order valence-corrected chi connectivity index (χ0v) is 14.6. The fourth-order valence-corrected chi connectivity index (χ4v) is 5.05. The lowest BCUT2D eigenvalue weighted by molar-refractivity contribution is 0.00177. The molecule has 1 atom stereocenters. The van der Waals surface area contributed by atoms with Crippen LogP contribution in [0.4, 0.5) is 4.79 Å². The minimum absolute atomic E-state index is 0.0116. The molecule has 132 valence electrons. The van der Waals surface area contributed by atoms with Gasteiger partial charge in [-0.1, -0.05) is 0 Å². The summed E-state index contributed by atoms with van der Waals surface area (Å²) >= 11 is 0. The van der Waals surface area contributed by atoms with Gasteiger partial charge in [-0.2, -0.15) is 0 Å². The second-order valence-corrected chi connectivity index (χ2v) is 9.09. The average Bonchev–Trinajstić information content (AvgIpc) is 3.14. The van der Waals surface area contributed by atoms with Crippen LogP contribution < -0.4 is 5.32 Å². The molecule has 3 saturated heterocycles. The lowest BCUT2D eigenvalue weighted by Gasteiger charge is -2.38. The molecule has 0 saturated carbocycles. The van der Waals surface area contributed by atoms with E-state index in [1.807, 2.05) is 4.90 Å². The Hall–Kier alpha value is -0.860. The first-order chi connectivity index (χ1) is 10.9. The van der Waals surface area contributed by atoms with E-state index in [2.05, 4.69) is 5.32 Å². The smallest absolute Gasteiger partial charge is 0.317 e. The van der Waals surface area contributed by atoms with Gasteiger partial charge in [-0.3, -0.25) is 0 Å². The van der Waals surface area contributed by atoms with Gasteiger partial charge in [0.2, 0.25) is 10.0 Å². The molecule has 0 aromatic heterocycles. The molecule has 0 radical (unpaired) electrons. The first-order valence-electron chi connectivity index (χ1n) is 8.46. The van der Waals surface area contributed by atoms with Crippen LogP contribution in [0.15, 0.2) is 0 Å². The second-order valence-electron chi connectivity index (χ2n) is 7.11. The first kappa shape index (κ1) is 17.0. The summed E-state index contributed by atoms with van der Waals surface area (Å²) in [6, 6.07) is -0.0116. The molecule has 3 rings (SSSR count). The number of rotatable bonds is 3. The van der Waals surface area contributed by atoms with Gasteiger partial charge in [0.15, 0.2) is 0 Å². The van der Waals surface area contributed by atoms with Crippen molar-refractivity contribution in [3.05, 3.63) is 0 Å². The van der Waals surface area contributed by atoms with E-state index in [1.54, 1.807) is 4.31 Å². The molecule has 3 aliphatic heterocycles. The number of urea groups is 1. The molecule has 1 spiro atoms. The zero-order valence-electron chi connectivity index (χ0n) is 13.8. The molecular weight excluding hydrogens is 318 g/mol. The number of nitrogens with zero attached hydrogens (tertiary/aromatic N) is 2. The van der Waals surface area contributed by atoms with E-state index in [0.29, 0.717) is 32.8 Å². The quantitative estimate of drug-likeness (QED) is 0.807. The zero-order chi connectivity index (χ0) is 16.5. The number of hydrogen-bond acceptors (Lipinski definition) is 4. The highest BCUT2D eigenvalue weighted by molar-refractivity contribution is 7.88. The van der Waals surface area contributed by atoms with E-state index in [4.69, 9.17) is 4.74 Å². The van der Waals surface area contributed by atoms with E-state index in [9.17, 15) is 13.2 Å². The minimum atomic E-state index is -3.20. The van der Waals surface area contributed by atoms with Gasteiger partial charge in [0.25, 0.3) is 0 Å². The van der Waals surface area contributed by atoms with E-state index >= 15 is 0 Å². The van der Waals surface area contributed by atoms with Crippen molar-refractivity contribution in [2.45, 2.75) is 25.7 Å². The topological polar surface area (TPSA) is 79.0 Å². The Labute approximate surface area is 138 Å². The molecule has 7 nitrogen and oxygen atoms in total. The Balaban J connectivity index is 1.66. The van der Waals surface area contributed by atoms with Crippen molar-refractivity contribution in [3.63, 3.8) is 0 Å². The molecule has 0 aromatic rings. The Morgan fingerprint density at radius 1 is 1.26 bits per heavy atom. The number of amides is 2. The van der Waals surface area contributed by atoms with Gasteiger partial charge in [-0.25, -0.2) is 17.5 Å². The van der Waals surface area contributed by atoms with Crippen LogP contribution in [0.2, 0.25) is 0 Å². The molecule has 0 bridgehead atoms. The lowest BCUT2D eigenvalue weighted by atomic mass is 9.72. The van der Waals surface area contributed by atoms with Crippen LogP contribution in [0.1, 0.15) is 25.7 Å². The van der Waals surface area contributed by atoms with E-state index < -0.39 is 10.0 Å². The maximum atomic E-state index is 12.2. The molecule has 0 aliphatic carbocycles. The average molecular weight is 345 g/mol. The van der Waals surface area contributed by atoms with Crippen LogP contribution in [-0.2, 0) is 14.8 Å². The number of ether oxygens (including phenoxy) is 1. The maximum Gasteiger partial charge on any atom is 0.317 e. The summed E-state index contributed by atoms with van der Waals surface area (Å²) in [5.74, 6) is 0.160. The van der Waals surface area contributed by atoms with Crippen molar-refractivity contribution in [1.29, 1.82) is 0 Å². The third-order valence-corrected chi connectivity index (χ3v) is 6.85. The van der Waals surface area contributed by atoms with Gasteiger partial charge in [0, 0.05) is 45.9 Å². The fraction of sp³-hybridized carbons (Fsp3) is 0.933. The van der Waals surface area contributed by atoms with Crippen molar-refractivity contribution in [1.82, 2.24) is 14.5 Å². The summed E-state index contributed by atoms with van der Waals surface area (Å²) < 4.78 is 30.9. The molecular formula is C15H27N3O4S. The highest BCUT2D eigenvalue weighted by atomic mass is 32.2. The van der Waals surface area contributed by atoms with Crippen LogP contribution in [0.3, 0.4) is 0 Å². The number of hydrogen-bond donors (Lipinski definition) is 1. The molecule has 1 N–H and O–H groups in total. The summed E-state index contributed by atoms with van der Waals surface area (Å²) in [6.45, 7) is 4.60. The standard InChI is InChI=1S/C15H27N3O4S/c1-23(20,21)18-11-13(15(12-18)4-8-22-9-5-15)10-16-14(19)17-6-2-3-7-17/h13H,2-12H2,1H3,(H,16,19). The number of sulfonamides is 1. The van der Waals surface area contributed by atoms with Crippen LogP contribution in [-0.4, -0.2) is 75.8 Å². The first-order valence-corrected chi connectivity index (χ1v) is 10.3. The van der Waals surface area contributed by atoms with Crippen molar-refractivity contribution in [2.24, 2.45) is 11.3 Å². The van der Waals surface area contributed by atoms with Gasteiger partial charge in [0.05, 0.1) is 6.26 Å². The monoisotopic (exact) mass is 345 g/mol. The second kappa shape index (κ2) is 6.57. The van der Waals surface area contributed by atoms with Crippen LogP contribution in [0.5, 0.6) is 0 Å². The molecule has 8 heteroatoms. The van der Waals surface area contributed by atoms with Crippen LogP contribution >= 0.6 is 0 Å². The molecule has 23 heavy (non-hydrogen) atoms. The minimum Gasteiger partial charge on any atom is -0.381 e. The third-order valence-electron chi connectivity index (χ3n) is 5.63.